The molecule has 0 bridgehead atoms. The van der Waals surface area contributed by atoms with Crippen molar-refractivity contribution in [3.05, 3.63) is 71.2 Å². The molecule has 0 spiro atoms. The smallest absolute Gasteiger partial charge is 0.271 e. The van der Waals surface area contributed by atoms with E-state index >= 15 is 0 Å². The van der Waals surface area contributed by atoms with Crippen LogP contribution in [0.25, 0.3) is 11.3 Å². The summed E-state index contributed by atoms with van der Waals surface area (Å²) in [6, 6.07) is 14.4. The summed E-state index contributed by atoms with van der Waals surface area (Å²) in [5.41, 5.74) is 3.11. The van der Waals surface area contributed by atoms with Crippen LogP contribution >= 0.6 is 22.7 Å². The van der Waals surface area contributed by atoms with Gasteiger partial charge in [-0.25, -0.2) is 13.4 Å². The Hall–Kier alpha value is -2.75. The van der Waals surface area contributed by atoms with Crippen molar-refractivity contribution in [1.29, 1.82) is 0 Å². The number of aryl methyl sites for hydroxylation is 1. The lowest BCUT2D eigenvalue weighted by molar-refractivity contribution is 0.603. The van der Waals surface area contributed by atoms with Gasteiger partial charge < -0.3 is 5.32 Å². The van der Waals surface area contributed by atoms with Gasteiger partial charge in [-0.3, -0.25) is 9.71 Å². The lowest BCUT2D eigenvalue weighted by Gasteiger charge is -2.07. The van der Waals surface area contributed by atoms with Crippen LogP contribution in [0.2, 0.25) is 0 Å². The van der Waals surface area contributed by atoms with E-state index < -0.39 is 10.0 Å². The number of pyridine rings is 1. The van der Waals surface area contributed by atoms with Crippen LogP contribution in [0.15, 0.2) is 70.5 Å². The summed E-state index contributed by atoms with van der Waals surface area (Å²) in [5.74, 6) is 0. The van der Waals surface area contributed by atoms with E-state index in [9.17, 15) is 8.42 Å². The predicted octanol–water partition coefficient (Wildman–Crippen LogP) is 5.12. The average molecular weight is 429 g/mol. The number of nitrogens with one attached hydrogen (secondary N) is 2. The highest BCUT2D eigenvalue weighted by molar-refractivity contribution is 7.94. The van der Waals surface area contributed by atoms with Gasteiger partial charge in [0.15, 0.2) is 5.13 Å². The molecule has 0 atom stereocenters. The number of anilines is 3. The Bertz CT molecular complexity index is 1180. The number of rotatable bonds is 6. The monoisotopic (exact) mass is 428 g/mol. The molecule has 0 saturated carbocycles. The van der Waals surface area contributed by atoms with Crippen LogP contribution in [-0.4, -0.2) is 18.4 Å². The Labute approximate surface area is 171 Å². The number of aromatic nitrogens is 2. The normalized spacial score (nSPS) is 11.3. The van der Waals surface area contributed by atoms with E-state index in [4.69, 9.17) is 0 Å². The number of hydrogen-bond donors (Lipinski definition) is 2. The number of thiophene rings is 1. The highest BCUT2D eigenvalue weighted by Crippen LogP contribution is 2.29. The molecule has 9 heteroatoms. The van der Waals surface area contributed by atoms with Crippen LogP contribution in [-0.2, 0) is 10.0 Å². The second-order valence-electron chi connectivity index (χ2n) is 5.95. The van der Waals surface area contributed by atoms with E-state index in [1.165, 1.54) is 22.7 Å². The van der Waals surface area contributed by atoms with E-state index in [-0.39, 0.29) is 0 Å². The summed E-state index contributed by atoms with van der Waals surface area (Å²) in [4.78, 5) is 9.59. The molecule has 0 aliphatic carbocycles. The van der Waals surface area contributed by atoms with Gasteiger partial charge >= 0.3 is 0 Å². The molecule has 4 aromatic rings. The quantitative estimate of drug-likeness (QED) is 0.445. The molecule has 6 nitrogen and oxygen atoms in total. The van der Waals surface area contributed by atoms with Gasteiger partial charge in [0.25, 0.3) is 10.0 Å². The standard InChI is InChI=1S/C19H16N4O2S3/c1-13-4-9-18(27-13)28(24,25)23-15-7-5-14(6-8-15)17-12-26-19(22-17)21-16-3-2-10-20-11-16/h2-12,23H,1H3,(H,21,22). The summed E-state index contributed by atoms with van der Waals surface area (Å²) in [7, 11) is -3.56. The zero-order chi connectivity index (χ0) is 19.6. The third kappa shape index (κ3) is 4.22. The highest BCUT2D eigenvalue weighted by Gasteiger charge is 2.16. The van der Waals surface area contributed by atoms with E-state index in [2.05, 4.69) is 20.0 Å². The molecule has 0 fully saturated rings. The van der Waals surface area contributed by atoms with E-state index in [0.717, 1.165) is 27.0 Å². The van der Waals surface area contributed by atoms with Gasteiger partial charge in [0.05, 0.1) is 17.6 Å². The first-order valence-electron chi connectivity index (χ1n) is 8.32. The molecule has 2 N–H and O–H groups in total. The Morgan fingerprint density at radius 3 is 2.50 bits per heavy atom. The molecular formula is C19H16N4O2S3. The van der Waals surface area contributed by atoms with Crippen LogP contribution in [0.5, 0.6) is 0 Å². The summed E-state index contributed by atoms with van der Waals surface area (Å²) >= 11 is 2.74. The molecule has 3 heterocycles. The predicted molar refractivity (Wildman–Crippen MR) is 115 cm³/mol. The van der Waals surface area contributed by atoms with Crippen LogP contribution in [0.3, 0.4) is 0 Å². The van der Waals surface area contributed by atoms with Crippen molar-refractivity contribution in [3.63, 3.8) is 0 Å². The van der Waals surface area contributed by atoms with Gasteiger partial charge in [0, 0.05) is 27.7 Å². The first-order chi connectivity index (χ1) is 13.5. The Balaban J connectivity index is 1.48. The maximum atomic E-state index is 12.4. The van der Waals surface area contributed by atoms with Crippen LogP contribution < -0.4 is 10.0 Å². The van der Waals surface area contributed by atoms with E-state index in [0.29, 0.717) is 9.90 Å². The van der Waals surface area contributed by atoms with Crippen molar-refractivity contribution in [2.45, 2.75) is 11.1 Å². The van der Waals surface area contributed by atoms with E-state index in [1.807, 2.05) is 36.6 Å². The van der Waals surface area contributed by atoms with Crippen LogP contribution in [0.1, 0.15) is 4.88 Å². The number of sulfonamides is 1. The van der Waals surface area contributed by atoms with Gasteiger partial charge in [-0.05, 0) is 43.3 Å². The third-order valence-corrected chi connectivity index (χ3v) is 7.46. The first kappa shape index (κ1) is 18.6. The van der Waals surface area contributed by atoms with Gasteiger partial charge in [0.2, 0.25) is 0 Å². The Morgan fingerprint density at radius 2 is 1.82 bits per heavy atom. The molecule has 0 aliphatic rings. The third-order valence-electron chi connectivity index (χ3n) is 3.83. The molecule has 0 unspecified atom stereocenters. The minimum absolute atomic E-state index is 0.305. The van der Waals surface area contributed by atoms with Crippen LogP contribution in [0, 0.1) is 6.92 Å². The van der Waals surface area contributed by atoms with Crippen LogP contribution in [0.4, 0.5) is 16.5 Å². The topological polar surface area (TPSA) is 84.0 Å². The molecular weight excluding hydrogens is 412 g/mol. The second kappa shape index (κ2) is 7.70. The minimum atomic E-state index is -3.56. The molecule has 0 saturated heterocycles. The number of hydrogen-bond acceptors (Lipinski definition) is 7. The fourth-order valence-electron chi connectivity index (χ4n) is 2.49. The Kier molecular flexibility index (Phi) is 5.12. The molecule has 0 amide bonds. The molecule has 0 radical (unpaired) electrons. The number of nitrogens with zero attached hydrogens (tertiary/aromatic N) is 2. The van der Waals surface area contributed by atoms with Crippen molar-refractivity contribution in [3.8, 4) is 11.3 Å². The average Bonchev–Trinajstić information content (AvgIpc) is 3.33. The maximum absolute atomic E-state index is 12.4. The van der Waals surface area contributed by atoms with E-state index in [1.54, 1.807) is 36.7 Å². The number of thiazole rings is 1. The molecule has 28 heavy (non-hydrogen) atoms. The largest absolute Gasteiger partial charge is 0.330 e. The molecule has 0 aliphatic heterocycles. The molecule has 142 valence electrons. The fourth-order valence-corrected chi connectivity index (χ4v) is 5.58. The highest BCUT2D eigenvalue weighted by atomic mass is 32.2. The number of benzene rings is 1. The summed E-state index contributed by atoms with van der Waals surface area (Å²) in [5, 5.41) is 5.93. The van der Waals surface area contributed by atoms with Crippen molar-refractivity contribution in [1.82, 2.24) is 9.97 Å². The molecule has 3 aromatic heterocycles. The van der Waals surface area contributed by atoms with Gasteiger partial charge in [-0.15, -0.1) is 22.7 Å². The molecule has 1 aromatic carbocycles. The van der Waals surface area contributed by atoms with Crippen molar-refractivity contribution < 1.29 is 8.42 Å². The fraction of sp³-hybridized carbons (Fsp3) is 0.0526. The van der Waals surface area contributed by atoms with Gasteiger partial charge in [0.1, 0.15) is 4.21 Å². The van der Waals surface area contributed by atoms with Gasteiger partial charge in [-0.2, -0.15) is 0 Å². The lowest BCUT2D eigenvalue weighted by atomic mass is 10.1. The molecule has 4 rings (SSSR count). The zero-order valence-electron chi connectivity index (χ0n) is 14.8. The summed E-state index contributed by atoms with van der Waals surface area (Å²) in [6.45, 7) is 1.88. The first-order valence-corrected chi connectivity index (χ1v) is 11.5. The van der Waals surface area contributed by atoms with Gasteiger partial charge in [-0.1, -0.05) is 12.1 Å². The van der Waals surface area contributed by atoms with Crippen molar-refractivity contribution in [2.75, 3.05) is 10.0 Å². The van der Waals surface area contributed by atoms with Crippen molar-refractivity contribution >= 4 is 49.2 Å². The Morgan fingerprint density at radius 1 is 1.00 bits per heavy atom. The summed E-state index contributed by atoms with van der Waals surface area (Å²) < 4.78 is 27.8. The SMILES string of the molecule is Cc1ccc(S(=O)(=O)Nc2ccc(-c3csc(Nc4cccnc4)n3)cc2)s1. The second-order valence-corrected chi connectivity index (χ2v) is 10.0. The summed E-state index contributed by atoms with van der Waals surface area (Å²) in [6.07, 6.45) is 3.45. The minimum Gasteiger partial charge on any atom is -0.330 e. The maximum Gasteiger partial charge on any atom is 0.271 e. The zero-order valence-corrected chi connectivity index (χ0v) is 17.2. The van der Waals surface area contributed by atoms with Crippen molar-refractivity contribution in [2.24, 2.45) is 0 Å². The lowest BCUT2D eigenvalue weighted by Crippen LogP contribution is -2.11.